The summed E-state index contributed by atoms with van der Waals surface area (Å²) in [6, 6.07) is 17.1. The summed E-state index contributed by atoms with van der Waals surface area (Å²) < 4.78 is 5.89. The van der Waals surface area contributed by atoms with Crippen molar-refractivity contribution >= 4 is 40.7 Å². The van der Waals surface area contributed by atoms with Gasteiger partial charge in [-0.15, -0.1) is 5.92 Å². The number of halogens is 2. The lowest BCUT2D eigenvalue weighted by Crippen LogP contribution is -2.57. The molecule has 1 saturated heterocycles. The maximum absolute atomic E-state index is 14.2. The molecule has 1 fully saturated rings. The molecule has 37 heavy (non-hydrogen) atoms. The topological polar surface area (TPSA) is 87.7 Å². The van der Waals surface area contributed by atoms with Gasteiger partial charge >= 0.3 is 0 Å². The van der Waals surface area contributed by atoms with Crippen LogP contribution in [0.1, 0.15) is 47.6 Å². The molecule has 0 aromatic heterocycles. The van der Waals surface area contributed by atoms with Gasteiger partial charge in [0.25, 0.3) is 0 Å². The third kappa shape index (κ3) is 4.34. The quantitative estimate of drug-likeness (QED) is 0.403. The summed E-state index contributed by atoms with van der Waals surface area (Å²) in [5.74, 6) is 5.36. The van der Waals surface area contributed by atoms with Gasteiger partial charge in [-0.25, -0.2) is 0 Å². The van der Waals surface area contributed by atoms with Gasteiger partial charge in [0.2, 0.25) is 11.8 Å². The number of carbonyl (C=O) groups excluding carboxylic acids is 2. The molecule has 0 saturated carbocycles. The summed E-state index contributed by atoms with van der Waals surface area (Å²) in [7, 11) is 0. The van der Waals surface area contributed by atoms with E-state index in [2.05, 4.69) is 22.5 Å². The van der Waals surface area contributed by atoms with E-state index in [1.54, 1.807) is 43.3 Å². The van der Waals surface area contributed by atoms with Crippen LogP contribution in [0.5, 0.6) is 5.75 Å². The lowest BCUT2D eigenvalue weighted by atomic mass is 9.59. The highest BCUT2D eigenvalue weighted by Crippen LogP contribution is 2.58. The smallest absolute Gasteiger partial charge is 0.238 e. The van der Waals surface area contributed by atoms with Crippen LogP contribution in [0.3, 0.4) is 0 Å². The lowest BCUT2D eigenvalue weighted by molar-refractivity contribution is -0.131. The molecule has 3 aromatic rings. The molecule has 3 atom stereocenters. The predicted molar refractivity (Wildman–Crippen MR) is 143 cm³/mol. The second kappa shape index (κ2) is 10.1. The minimum absolute atomic E-state index is 0.0512. The number of nitrogens with one attached hydrogen (secondary N) is 2. The van der Waals surface area contributed by atoms with E-state index in [0.29, 0.717) is 32.6 Å². The lowest BCUT2D eigenvalue weighted by Gasteiger charge is -2.46. The number of hydrogen-bond acceptors (Lipinski definition) is 4. The standard InChI is InChI=1S/C29H24Cl2N2O4/c1-2-4-17-7-10-25(37-12-11-34)21(13-17)27-29(22-9-8-20(31)15-24(22)32-28(29)36)23(16-26(35)33-27)18-5-3-6-19(30)14-18/h3,5-10,13-15,23,27,34H,11-12,16H2,1H3,(H,32,36)(H,33,35)/t23-,27+,29-/m0/s1. The maximum Gasteiger partial charge on any atom is 0.238 e. The number of anilines is 1. The van der Waals surface area contributed by atoms with Gasteiger partial charge in [-0.2, -0.15) is 0 Å². The van der Waals surface area contributed by atoms with E-state index in [9.17, 15) is 14.7 Å². The summed E-state index contributed by atoms with van der Waals surface area (Å²) in [5.41, 5.74) is 2.14. The summed E-state index contributed by atoms with van der Waals surface area (Å²) in [6.45, 7) is 1.60. The Morgan fingerprint density at radius 3 is 2.65 bits per heavy atom. The average molecular weight is 535 g/mol. The second-order valence-corrected chi connectivity index (χ2v) is 9.90. The Hall–Kier alpha value is -3.50. The number of fused-ring (bicyclic) bond motifs is 2. The van der Waals surface area contributed by atoms with Crippen LogP contribution in [0.4, 0.5) is 5.69 Å². The molecule has 0 bridgehead atoms. The normalized spacial score (nSPS) is 22.1. The molecule has 188 valence electrons. The Bertz CT molecular complexity index is 1460. The Morgan fingerprint density at radius 2 is 1.89 bits per heavy atom. The van der Waals surface area contributed by atoms with E-state index < -0.39 is 17.4 Å². The molecule has 5 rings (SSSR count). The van der Waals surface area contributed by atoms with E-state index in [0.717, 1.165) is 11.1 Å². The van der Waals surface area contributed by atoms with Crippen molar-refractivity contribution in [3.63, 3.8) is 0 Å². The van der Waals surface area contributed by atoms with Crippen molar-refractivity contribution in [1.82, 2.24) is 5.32 Å². The van der Waals surface area contributed by atoms with Crippen LogP contribution < -0.4 is 15.4 Å². The number of benzene rings is 3. The minimum Gasteiger partial charge on any atom is -0.491 e. The summed E-state index contributed by atoms with van der Waals surface area (Å²) >= 11 is 12.7. The van der Waals surface area contributed by atoms with E-state index in [1.165, 1.54) is 0 Å². The first kappa shape index (κ1) is 25.2. The first-order valence-corrected chi connectivity index (χ1v) is 12.6. The molecule has 3 aromatic carbocycles. The Labute approximate surface area is 224 Å². The summed E-state index contributed by atoms with van der Waals surface area (Å²) in [4.78, 5) is 27.4. The zero-order chi connectivity index (χ0) is 26.2. The fourth-order valence-corrected chi connectivity index (χ4v) is 5.92. The van der Waals surface area contributed by atoms with Crippen molar-refractivity contribution in [2.45, 2.75) is 30.7 Å². The Balaban J connectivity index is 1.81. The number of piperidine rings is 1. The zero-order valence-corrected chi connectivity index (χ0v) is 21.5. The summed E-state index contributed by atoms with van der Waals surface area (Å²) in [5, 5.41) is 16.5. The van der Waals surface area contributed by atoms with Gasteiger partial charge in [0, 0.05) is 39.2 Å². The van der Waals surface area contributed by atoms with E-state index >= 15 is 0 Å². The van der Waals surface area contributed by atoms with Gasteiger partial charge in [0.05, 0.1) is 12.6 Å². The first-order chi connectivity index (χ1) is 17.9. The summed E-state index contributed by atoms with van der Waals surface area (Å²) in [6.07, 6.45) is 0.0770. The van der Waals surface area contributed by atoms with Gasteiger partial charge in [-0.05, 0) is 60.5 Å². The minimum atomic E-state index is -1.24. The van der Waals surface area contributed by atoms with Crippen LogP contribution in [0.25, 0.3) is 0 Å². The van der Waals surface area contributed by atoms with Crippen LogP contribution in [0.2, 0.25) is 10.0 Å². The van der Waals surface area contributed by atoms with Gasteiger partial charge in [0.1, 0.15) is 17.8 Å². The van der Waals surface area contributed by atoms with Crippen molar-refractivity contribution in [2.75, 3.05) is 18.5 Å². The van der Waals surface area contributed by atoms with Crippen molar-refractivity contribution in [1.29, 1.82) is 0 Å². The molecule has 8 heteroatoms. The van der Waals surface area contributed by atoms with Crippen molar-refractivity contribution in [3.8, 4) is 17.6 Å². The molecule has 0 unspecified atom stereocenters. The molecule has 2 amide bonds. The number of aliphatic hydroxyl groups excluding tert-OH is 1. The second-order valence-electron chi connectivity index (χ2n) is 9.02. The van der Waals surface area contributed by atoms with Crippen LogP contribution >= 0.6 is 23.2 Å². The number of carbonyl (C=O) groups is 2. The van der Waals surface area contributed by atoms with Crippen LogP contribution in [0.15, 0.2) is 60.7 Å². The molecule has 2 aliphatic rings. The number of amides is 2. The van der Waals surface area contributed by atoms with Crippen molar-refractivity contribution < 1.29 is 19.4 Å². The SMILES string of the molecule is CC#Cc1ccc(OCCO)c([C@H]2NC(=O)C[C@@H](c3cccc(Cl)c3)[C@]23C(=O)Nc2cc(Cl)ccc23)c1. The number of hydrogen-bond donors (Lipinski definition) is 3. The van der Waals surface area contributed by atoms with Gasteiger partial charge in [-0.3, -0.25) is 9.59 Å². The maximum atomic E-state index is 14.2. The zero-order valence-electron chi connectivity index (χ0n) is 20.0. The highest BCUT2D eigenvalue weighted by Gasteiger charge is 2.61. The van der Waals surface area contributed by atoms with E-state index in [-0.39, 0.29) is 31.4 Å². The van der Waals surface area contributed by atoms with Crippen LogP contribution in [0, 0.1) is 11.8 Å². The predicted octanol–water partition coefficient (Wildman–Crippen LogP) is 4.97. The largest absolute Gasteiger partial charge is 0.491 e. The van der Waals surface area contributed by atoms with Gasteiger partial charge in [0.15, 0.2) is 0 Å². The molecule has 2 heterocycles. The molecule has 6 nitrogen and oxygen atoms in total. The molecule has 0 aliphatic carbocycles. The molecule has 0 radical (unpaired) electrons. The van der Waals surface area contributed by atoms with E-state index in [4.69, 9.17) is 27.9 Å². The monoisotopic (exact) mass is 534 g/mol. The average Bonchev–Trinajstić information content (AvgIpc) is 3.15. The number of aliphatic hydroxyl groups is 1. The van der Waals surface area contributed by atoms with Gasteiger partial charge < -0.3 is 20.5 Å². The molecule has 3 N–H and O–H groups in total. The third-order valence-corrected chi connectivity index (χ3v) is 7.41. The Kier molecular flexibility index (Phi) is 6.87. The van der Waals surface area contributed by atoms with Crippen molar-refractivity contribution in [2.24, 2.45) is 0 Å². The third-order valence-electron chi connectivity index (χ3n) is 6.94. The Morgan fingerprint density at radius 1 is 1.08 bits per heavy atom. The van der Waals surface area contributed by atoms with E-state index in [1.807, 2.05) is 24.3 Å². The molecular weight excluding hydrogens is 511 g/mol. The number of ether oxygens (including phenoxy) is 1. The first-order valence-electron chi connectivity index (χ1n) is 11.8. The molecule has 2 aliphatic heterocycles. The highest BCUT2D eigenvalue weighted by molar-refractivity contribution is 6.31. The molecular formula is C29H24Cl2N2O4. The van der Waals surface area contributed by atoms with Crippen molar-refractivity contribution in [3.05, 3.63) is 93.0 Å². The van der Waals surface area contributed by atoms with Gasteiger partial charge in [-0.1, -0.05) is 47.3 Å². The highest BCUT2D eigenvalue weighted by atomic mass is 35.5. The van der Waals surface area contributed by atoms with Crippen LogP contribution in [-0.4, -0.2) is 30.1 Å². The fraction of sp³-hybridized carbons (Fsp3) is 0.241. The fourth-order valence-electron chi connectivity index (χ4n) is 5.55. The van der Waals surface area contributed by atoms with Crippen LogP contribution in [-0.2, 0) is 15.0 Å². The number of rotatable bonds is 5. The molecule has 1 spiro atoms.